The largest absolute Gasteiger partial charge is 0.356 e. The van der Waals surface area contributed by atoms with E-state index >= 15 is 0 Å². The van der Waals surface area contributed by atoms with E-state index < -0.39 is 0 Å². The fraction of sp³-hybridized carbons (Fsp3) is 0. The van der Waals surface area contributed by atoms with Crippen LogP contribution in [0.25, 0.3) is 11.3 Å². The average Bonchev–Trinajstić information content (AvgIpc) is 3.09. The van der Waals surface area contributed by atoms with Crippen LogP contribution in [0.4, 0.5) is 5.13 Å². The van der Waals surface area contributed by atoms with Gasteiger partial charge >= 0.3 is 0 Å². The Kier molecular flexibility index (Phi) is 3.54. The highest BCUT2D eigenvalue weighted by molar-refractivity contribution is 7.14. The maximum absolute atomic E-state index is 11.9. The number of nitrogens with zero attached hydrogens (tertiary/aromatic N) is 1. The zero-order valence-corrected chi connectivity index (χ0v) is 11.8. The fourth-order valence-corrected chi connectivity index (χ4v) is 2.61. The number of thiazole rings is 1. The van der Waals surface area contributed by atoms with E-state index in [-0.39, 0.29) is 5.91 Å². The Bertz CT molecular complexity index is 736. The van der Waals surface area contributed by atoms with E-state index in [1.54, 1.807) is 12.3 Å². The topological polar surface area (TPSA) is 57.8 Å². The molecule has 0 atom stereocenters. The predicted molar refractivity (Wildman–Crippen MR) is 81.3 cm³/mol. The Morgan fingerprint density at radius 2 is 2.10 bits per heavy atom. The van der Waals surface area contributed by atoms with Gasteiger partial charge in [0.25, 0.3) is 5.91 Å². The van der Waals surface area contributed by atoms with E-state index in [4.69, 9.17) is 11.6 Å². The zero-order valence-electron chi connectivity index (χ0n) is 10.3. The van der Waals surface area contributed by atoms with Crippen LogP contribution >= 0.6 is 22.9 Å². The smallest absolute Gasteiger partial charge is 0.273 e. The van der Waals surface area contributed by atoms with E-state index in [1.807, 2.05) is 35.7 Å². The Balaban J connectivity index is 1.76. The van der Waals surface area contributed by atoms with Crippen molar-refractivity contribution < 1.29 is 4.79 Å². The van der Waals surface area contributed by atoms with Gasteiger partial charge in [0.1, 0.15) is 5.69 Å². The minimum Gasteiger partial charge on any atom is -0.356 e. The number of benzene rings is 1. The van der Waals surface area contributed by atoms with Crippen molar-refractivity contribution in [3.8, 4) is 11.3 Å². The summed E-state index contributed by atoms with van der Waals surface area (Å²) in [4.78, 5) is 19.1. The molecule has 1 aromatic carbocycles. The first-order chi connectivity index (χ1) is 9.72. The molecule has 0 spiro atoms. The molecule has 2 N–H and O–H groups in total. The second-order valence-corrected chi connectivity index (χ2v) is 5.38. The van der Waals surface area contributed by atoms with Gasteiger partial charge in [0.2, 0.25) is 0 Å². The second kappa shape index (κ2) is 5.48. The zero-order chi connectivity index (χ0) is 13.9. The molecule has 0 fully saturated rings. The fourth-order valence-electron chi connectivity index (χ4n) is 1.74. The molecule has 4 nitrogen and oxygen atoms in total. The molecule has 2 aromatic heterocycles. The number of anilines is 1. The summed E-state index contributed by atoms with van der Waals surface area (Å²) in [7, 11) is 0. The lowest BCUT2D eigenvalue weighted by atomic mass is 10.2. The highest BCUT2D eigenvalue weighted by Crippen LogP contribution is 2.25. The number of carbonyl (C=O) groups is 1. The molecule has 0 saturated heterocycles. The molecule has 0 unspecified atom stereocenters. The van der Waals surface area contributed by atoms with Crippen LogP contribution in [0.15, 0.2) is 48.0 Å². The van der Waals surface area contributed by atoms with Crippen molar-refractivity contribution in [1.82, 2.24) is 9.97 Å². The third-order valence-electron chi connectivity index (χ3n) is 2.69. The van der Waals surface area contributed by atoms with Crippen molar-refractivity contribution in [3.63, 3.8) is 0 Å². The number of aromatic amines is 1. The van der Waals surface area contributed by atoms with Gasteiger partial charge < -0.3 is 4.98 Å². The lowest BCUT2D eigenvalue weighted by molar-refractivity contribution is 0.102. The van der Waals surface area contributed by atoms with Crippen LogP contribution in [-0.2, 0) is 0 Å². The van der Waals surface area contributed by atoms with E-state index in [0.717, 1.165) is 11.3 Å². The molecular weight excluding hydrogens is 294 g/mol. The first-order valence-electron chi connectivity index (χ1n) is 5.88. The maximum Gasteiger partial charge on any atom is 0.273 e. The molecule has 2 heterocycles. The number of hydrogen-bond acceptors (Lipinski definition) is 3. The first kappa shape index (κ1) is 12.9. The minimum absolute atomic E-state index is 0.258. The van der Waals surface area contributed by atoms with Crippen molar-refractivity contribution in [2.75, 3.05) is 5.32 Å². The molecule has 0 bridgehead atoms. The molecule has 3 rings (SSSR count). The molecule has 6 heteroatoms. The summed E-state index contributed by atoms with van der Waals surface area (Å²) in [6.45, 7) is 0. The molecule has 1 amide bonds. The Hall–Kier alpha value is -2.11. The molecule has 3 aromatic rings. The molecule has 0 saturated carbocycles. The Labute approximate surface area is 124 Å². The number of H-pyrrole nitrogens is 1. The van der Waals surface area contributed by atoms with E-state index in [9.17, 15) is 4.79 Å². The maximum atomic E-state index is 11.9. The summed E-state index contributed by atoms with van der Waals surface area (Å²) in [5.74, 6) is -0.258. The number of nitrogens with one attached hydrogen (secondary N) is 2. The number of rotatable bonds is 3. The summed E-state index contributed by atoms with van der Waals surface area (Å²) in [5, 5.41) is 5.70. The number of carbonyl (C=O) groups excluding carboxylic acids is 1. The summed E-state index contributed by atoms with van der Waals surface area (Å²) in [5.41, 5.74) is 2.27. The van der Waals surface area contributed by atoms with Crippen LogP contribution in [0.2, 0.25) is 5.02 Å². The normalized spacial score (nSPS) is 10.4. The van der Waals surface area contributed by atoms with E-state index in [0.29, 0.717) is 15.8 Å². The Morgan fingerprint density at radius 1 is 1.30 bits per heavy atom. The van der Waals surface area contributed by atoms with E-state index in [2.05, 4.69) is 15.3 Å². The number of aromatic nitrogens is 2. The lowest BCUT2D eigenvalue weighted by Gasteiger charge is -1.98. The van der Waals surface area contributed by atoms with Gasteiger partial charge in [-0.15, -0.1) is 11.3 Å². The van der Waals surface area contributed by atoms with Crippen molar-refractivity contribution >= 4 is 34.0 Å². The van der Waals surface area contributed by atoms with Crippen molar-refractivity contribution in [3.05, 3.63) is 58.7 Å². The number of hydrogen-bond donors (Lipinski definition) is 2. The summed E-state index contributed by atoms with van der Waals surface area (Å²) < 4.78 is 0. The summed E-state index contributed by atoms with van der Waals surface area (Å²) in [6.07, 6.45) is 1.56. The lowest BCUT2D eigenvalue weighted by Crippen LogP contribution is -2.11. The van der Waals surface area contributed by atoms with E-state index in [1.165, 1.54) is 11.3 Å². The SMILES string of the molecule is O=C(Nc1nc(-c2ccccc2)cs1)c1cc(Cl)c[nH]1. The average molecular weight is 304 g/mol. The van der Waals surface area contributed by atoms with Crippen LogP contribution in [-0.4, -0.2) is 15.9 Å². The molecule has 0 radical (unpaired) electrons. The van der Waals surface area contributed by atoms with Gasteiger partial charge in [0.05, 0.1) is 10.7 Å². The Morgan fingerprint density at radius 3 is 2.80 bits per heavy atom. The number of amides is 1. The highest BCUT2D eigenvalue weighted by atomic mass is 35.5. The minimum atomic E-state index is -0.258. The van der Waals surface area contributed by atoms with Gasteiger partial charge in [-0.1, -0.05) is 41.9 Å². The third-order valence-corrected chi connectivity index (χ3v) is 3.66. The van der Waals surface area contributed by atoms with Crippen LogP contribution in [0.1, 0.15) is 10.5 Å². The monoisotopic (exact) mass is 303 g/mol. The molecule has 0 aliphatic heterocycles. The van der Waals surface area contributed by atoms with Crippen LogP contribution in [0.3, 0.4) is 0 Å². The van der Waals surface area contributed by atoms with Gasteiger partial charge in [0.15, 0.2) is 5.13 Å². The van der Waals surface area contributed by atoms with Crippen molar-refractivity contribution in [1.29, 1.82) is 0 Å². The van der Waals surface area contributed by atoms with Crippen molar-refractivity contribution in [2.24, 2.45) is 0 Å². The molecule has 0 aliphatic carbocycles. The second-order valence-electron chi connectivity index (χ2n) is 4.09. The van der Waals surface area contributed by atoms with Crippen LogP contribution in [0.5, 0.6) is 0 Å². The highest BCUT2D eigenvalue weighted by Gasteiger charge is 2.11. The van der Waals surface area contributed by atoms with Crippen molar-refractivity contribution in [2.45, 2.75) is 0 Å². The van der Waals surface area contributed by atoms with Crippen LogP contribution < -0.4 is 5.32 Å². The summed E-state index contributed by atoms with van der Waals surface area (Å²) in [6, 6.07) is 11.4. The first-order valence-corrected chi connectivity index (χ1v) is 7.14. The van der Waals surface area contributed by atoms with Gasteiger partial charge in [0, 0.05) is 17.1 Å². The standard InChI is InChI=1S/C14H10ClN3OS/c15-10-6-11(16-7-10)13(19)18-14-17-12(8-20-14)9-4-2-1-3-5-9/h1-8,16H,(H,17,18,19). The molecule has 100 valence electrons. The number of halogens is 1. The predicted octanol–water partition coefficient (Wildman–Crippen LogP) is 4.04. The van der Waals surface area contributed by atoms with Gasteiger partial charge in [-0.25, -0.2) is 4.98 Å². The summed E-state index contributed by atoms with van der Waals surface area (Å²) >= 11 is 7.15. The van der Waals surface area contributed by atoms with Gasteiger partial charge in [-0.05, 0) is 6.07 Å². The van der Waals surface area contributed by atoms with Gasteiger partial charge in [-0.2, -0.15) is 0 Å². The third kappa shape index (κ3) is 2.74. The van der Waals surface area contributed by atoms with Crippen LogP contribution in [0, 0.1) is 0 Å². The molecule has 0 aliphatic rings. The molecule has 20 heavy (non-hydrogen) atoms. The quantitative estimate of drug-likeness (QED) is 0.767. The van der Waals surface area contributed by atoms with Gasteiger partial charge in [-0.3, -0.25) is 10.1 Å². The molecular formula is C14H10ClN3OS.